The number of pyridine rings is 1. The Balaban J connectivity index is 1.52. The molecule has 3 nitrogen and oxygen atoms in total. The lowest BCUT2D eigenvalue weighted by atomic mass is 9.47. The van der Waals surface area contributed by atoms with E-state index in [-0.39, 0.29) is 22.7 Å². The molecule has 4 aliphatic rings. The van der Waals surface area contributed by atoms with E-state index in [2.05, 4.69) is 30.1 Å². The predicted molar refractivity (Wildman–Crippen MR) is 127 cm³/mol. The average molecular weight is 436 g/mol. The van der Waals surface area contributed by atoms with Gasteiger partial charge in [-0.15, -0.1) is 0 Å². The molecule has 0 bridgehead atoms. The van der Waals surface area contributed by atoms with Crippen molar-refractivity contribution < 1.29 is 9.53 Å². The van der Waals surface area contributed by atoms with Gasteiger partial charge in [-0.2, -0.15) is 0 Å². The summed E-state index contributed by atoms with van der Waals surface area (Å²) < 4.78 is 5.21. The van der Waals surface area contributed by atoms with Crippen molar-refractivity contribution in [2.75, 3.05) is 7.11 Å². The van der Waals surface area contributed by atoms with Gasteiger partial charge in [-0.05, 0) is 91.2 Å². The molecule has 0 N–H and O–H groups in total. The lowest BCUT2D eigenvalue weighted by Crippen LogP contribution is -2.51. The van der Waals surface area contributed by atoms with E-state index in [0.717, 1.165) is 36.2 Å². The second-order valence-electron chi connectivity index (χ2n) is 10.4. The Morgan fingerprint density at radius 2 is 2.10 bits per heavy atom. The fourth-order valence-corrected chi connectivity index (χ4v) is 8.35. The first kappa shape index (κ1) is 21.1. The molecule has 6 atom stereocenters. The highest BCUT2D eigenvalue weighted by Gasteiger charge is 2.61. The SMILES string of the molecule is COC(=O)C[C@]12CC[C@H]3[C@@H](CC=C4C=CCC[C@@]43C)[C@@H]1CC[C@@H]2C(=S)c1ccccn1. The molecule has 1 aromatic heterocycles. The molecule has 31 heavy (non-hydrogen) atoms. The summed E-state index contributed by atoms with van der Waals surface area (Å²) in [7, 11) is 1.52. The number of rotatable bonds is 4. The van der Waals surface area contributed by atoms with Crippen molar-refractivity contribution in [3.05, 3.63) is 53.9 Å². The van der Waals surface area contributed by atoms with Crippen LogP contribution in [0.25, 0.3) is 0 Å². The van der Waals surface area contributed by atoms with Crippen molar-refractivity contribution in [3.63, 3.8) is 0 Å². The summed E-state index contributed by atoms with van der Waals surface area (Å²) in [5.41, 5.74) is 2.66. The Bertz CT molecular complexity index is 938. The van der Waals surface area contributed by atoms with Gasteiger partial charge in [0.1, 0.15) is 0 Å². The molecule has 2 fully saturated rings. The van der Waals surface area contributed by atoms with Gasteiger partial charge in [-0.1, -0.05) is 43.4 Å². The fraction of sp³-hybridized carbons (Fsp3) is 0.593. The number of carbonyl (C=O) groups is 1. The van der Waals surface area contributed by atoms with E-state index < -0.39 is 0 Å². The molecular formula is C27H33NO2S. The number of ether oxygens (including phenoxy) is 1. The zero-order chi connectivity index (χ0) is 21.6. The van der Waals surface area contributed by atoms with Crippen LogP contribution >= 0.6 is 12.2 Å². The molecule has 4 aliphatic carbocycles. The maximum absolute atomic E-state index is 12.7. The highest BCUT2D eigenvalue weighted by atomic mass is 32.1. The highest BCUT2D eigenvalue weighted by molar-refractivity contribution is 7.80. The number of carbonyl (C=O) groups excluding carboxylic acids is 1. The Morgan fingerprint density at radius 3 is 2.87 bits per heavy atom. The van der Waals surface area contributed by atoms with Crippen molar-refractivity contribution in [2.45, 2.75) is 58.3 Å². The molecule has 2 saturated carbocycles. The lowest BCUT2D eigenvalue weighted by Gasteiger charge is -2.57. The summed E-state index contributed by atoms with van der Waals surface area (Å²) in [4.78, 5) is 18.2. The van der Waals surface area contributed by atoms with Gasteiger partial charge in [0.25, 0.3) is 0 Å². The molecular weight excluding hydrogens is 402 g/mol. The maximum Gasteiger partial charge on any atom is 0.306 e. The van der Waals surface area contributed by atoms with Gasteiger partial charge in [-0.25, -0.2) is 0 Å². The van der Waals surface area contributed by atoms with Crippen LogP contribution in [0.5, 0.6) is 0 Å². The quantitative estimate of drug-likeness (QED) is 0.326. The van der Waals surface area contributed by atoms with Crippen molar-refractivity contribution in [1.29, 1.82) is 0 Å². The van der Waals surface area contributed by atoms with Crippen LogP contribution in [-0.4, -0.2) is 22.9 Å². The number of thiocarbonyl (C=S) groups is 1. The van der Waals surface area contributed by atoms with Crippen LogP contribution < -0.4 is 0 Å². The summed E-state index contributed by atoms with van der Waals surface area (Å²) in [6.07, 6.45) is 17.6. The van der Waals surface area contributed by atoms with Crippen LogP contribution in [-0.2, 0) is 9.53 Å². The topological polar surface area (TPSA) is 39.2 Å². The molecule has 0 amide bonds. The highest BCUT2D eigenvalue weighted by Crippen LogP contribution is 2.67. The standard InChI is InChI=1S/C27H33NO2S/c1-26-14-5-3-7-18(26)9-10-19-20(26)13-15-27(17-24(29)30-2)21(19)11-12-22(27)25(31)23-8-4-6-16-28-23/h3-4,6-9,16,19-22H,5,10-15,17H2,1-2H3/t19-,20+,21+,22-,26+,27-/m1/s1. The largest absolute Gasteiger partial charge is 0.469 e. The van der Waals surface area contributed by atoms with Gasteiger partial charge >= 0.3 is 5.97 Å². The van der Waals surface area contributed by atoms with E-state index in [1.807, 2.05) is 24.4 Å². The number of esters is 1. The van der Waals surface area contributed by atoms with E-state index in [0.29, 0.717) is 24.2 Å². The van der Waals surface area contributed by atoms with Gasteiger partial charge in [-0.3, -0.25) is 9.78 Å². The summed E-state index contributed by atoms with van der Waals surface area (Å²) in [5.74, 6) is 2.01. The normalized spacial score (nSPS) is 38.5. The average Bonchev–Trinajstić information content (AvgIpc) is 3.17. The van der Waals surface area contributed by atoms with Gasteiger partial charge < -0.3 is 4.74 Å². The fourth-order valence-electron chi connectivity index (χ4n) is 7.87. The zero-order valence-electron chi connectivity index (χ0n) is 18.7. The molecule has 0 aromatic carbocycles. The number of hydrogen-bond donors (Lipinski definition) is 0. The molecule has 0 unspecified atom stereocenters. The number of aromatic nitrogens is 1. The van der Waals surface area contributed by atoms with Crippen molar-refractivity contribution in [3.8, 4) is 0 Å². The second-order valence-corrected chi connectivity index (χ2v) is 10.8. The number of allylic oxidation sites excluding steroid dienone is 4. The van der Waals surface area contributed by atoms with Crippen molar-refractivity contribution in [2.24, 2.45) is 34.5 Å². The smallest absolute Gasteiger partial charge is 0.306 e. The van der Waals surface area contributed by atoms with Crippen LogP contribution in [0.15, 0.2) is 48.2 Å². The predicted octanol–water partition coefficient (Wildman–Crippen LogP) is 6.09. The van der Waals surface area contributed by atoms with Gasteiger partial charge in [0.2, 0.25) is 0 Å². The van der Waals surface area contributed by atoms with E-state index in [1.165, 1.54) is 26.4 Å². The van der Waals surface area contributed by atoms with Crippen LogP contribution in [0.2, 0.25) is 0 Å². The molecule has 164 valence electrons. The summed E-state index contributed by atoms with van der Waals surface area (Å²) >= 11 is 6.04. The molecule has 1 aromatic rings. The first-order valence-corrected chi connectivity index (χ1v) is 12.3. The van der Waals surface area contributed by atoms with Gasteiger partial charge in [0.05, 0.1) is 19.2 Å². The molecule has 0 saturated heterocycles. The van der Waals surface area contributed by atoms with Crippen LogP contribution in [0.3, 0.4) is 0 Å². The third kappa shape index (κ3) is 3.25. The lowest BCUT2D eigenvalue weighted by molar-refractivity contribution is -0.147. The molecule has 0 radical (unpaired) electrons. The number of hydrogen-bond acceptors (Lipinski definition) is 4. The third-order valence-corrected chi connectivity index (χ3v) is 9.80. The third-order valence-electron chi connectivity index (χ3n) is 9.30. The van der Waals surface area contributed by atoms with Crippen LogP contribution in [0.1, 0.15) is 64.0 Å². The molecule has 0 aliphatic heterocycles. The molecule has 4 heteroatoms. The number of fused-ring (bicyclic) bond motifs is 5. The molecule has 1 heterocycles. The van der Waals surface area contributed by atoms with E-state index in [1.54, 1.807) is 5.57 Å². The van der Waals surface area contributed by atoms with Crippen LogP contribution in [0.4, 0.5) is 0 Å². The van der Waals surface area contributed by atoms with Crippen LogP contribution in [0, 0.1) is 34.5 Å². The minimum absolute atomic E-state index is 0.0852. The zero-order valence-corrected chi connectivity index (χ0v) is 19.5. The maximum atomic E-state index is 12.7. The summed E-state index contributed by atoms with van der Waals surface area (Å²) in [6.45, 7) is 2.50. The van der Waals surface area contributed by atoms with Gasteiger partial charge in [0.15, 0.2) is 0 Å². The second kappa shape index (κ2) is 7.95. The number of methoxy groups -OCH3 is 1. The molecule has 5 rings (SSSR count). The number of nitrogens with zero attached hydrogens (tertiary/aromatic N) is 1. The first-order chi connectivity index (χ1) is 15.0. The summed E-state index contributed by atoms with van der Waals surface area (Å²) in [6, 6.07) is 5.97. The molecule has 0 spiro atoms. The van der Waals surface area contributed by atoms with E-state index >= 15 is 0 Å². The summed E-state index contributed by atoms with van der Waals surface area (Å²) in [5, 5.41) is 0. The minimum Gasteiger partial charge on any atom is -0.469 e. The Hall–Kier alpha value is -1.81. The monoisotopic (exact) mass is 435 g/mol. The van der Waals surface area contributed by atoms with E-state index in [4.69, 9.17) is 17.0 Å². The van der Waals surface area contributed by atoms with Crippen molar-refractivity contribution in [1.82, 2.24) is 4.98 Å². The van der Waals surface area contributed by atoms with Crippen molar-refractivity contribution >= 4 is 23.1 Å². The Kier molecular flexibility index (Phi) is 5.40. The Morgan fingerprint density at radius 1 is 1.23 bits per heavy atom. The minimum atomic E-state index is -0.0882. The van der Waals surface area contributed by atoms with E-state index in [9.17, 15) is 4.79 Å². The van der Waals surface area contributed by atoms with Gasteiger partial charge in [0, 0.05) is 17.0 Å². The Labute approximate surface area is 191 Å². The first-order valence-electron chi connectivity index (χ1n) is 11.9.